The van der Waals surface area contributed by atoms with Gasteiger partial charge in [0.25, 0.3) is 5.79 Å². The standard InChI is InChI=1S/C10H7F5O2/c11-9(12,10(13,14)15)8(16)7-4-2-1-3-6(7)5-17-8/h1-4,16H,5H2. The van der Waals surface area contributed by atoms with Crippen molar-refractivity contribution in [3.63, 3.8) is 0 Å². The van der Waals surface area contributed by atoms with Gasteiger partial charge >= 0.3 is 12.1 Å². The van der Waals surface area contributed by atoms with E-state index < -0.39 is 30.1 Å². The van der Waals surface area contributed by atoms with E-state index in [0.29, 0.717) is 0 Å². The molecule has 1 aromatic rings. The predicted octanol–water partition coefficient (Wildman–Crippen LogP) is 2.56. The van der Waals surface area contributed by atoms with Crippen LogP contribution in [0.4, 0.5) is 22.0 Å². The third-order valence-electron chi connectivity index (χ3n) is 2.60. The molecule has 17 heavy (non-hydrogen) atoms. The number of halogens is 5. The second-order valence-electron chi connectivity index (χ2n) is 3.66. The van der Waals surface area contributed by atoms with Crippen LogP contribution in [-0.4, -0.2) is 17.2 Å². The maximum Gasteiger partial charge on any atom is 0.459 e. The van der Waals surface area contributed by atoms with Crippen molar-refractivity contribution in [2.75, 3.05) is 0 Å². The number of alkyl halides is 5. The molecule has 0 bridgehead atoms. The summed E-state index contributed by atoms with van der Waals surface area (Å²) in [5.74, 6) is -9.02. The van der Waals surface area contributed by atoms with E-state index >= 15 is 0 Å². The highest BCUT2D eigenvalue weighted by Crippen LogP contribution is 2.52. The maximum absolute atomic E-state index is 13.2. The molecular formula is C10H7F5O2. The Balaban J connectivity index is 2.54. The van der Waals surface area contributed by atoms with Crippen LogP contribution in [0.5, 0.6) is 0 Å². The lowest BCUT2D eigenvalue weighted by molar-refractivity contribution is -0.409. The molecule has 1 heterocycles. The molecule has 1 N–H and O–H groups in total. The summed E-state index contributed by atoms with van der Waals surface area (Å²) in [6.45, 7) is -0.488. The van der Waals surface area contributed by atoms with Crippen molar-refractivity contribution in [1.29, 1.82) is 0 Å². The minimum Gasteiger partial charge on any atom is -0.357 e. The third kappa shape index (κ3) is 1.53. The van der Waals surface area contributed by atoms with Crippen LogP contribution in [0.25, 0.3) is 0 Å². The van der Waals surface area contributed by atoms with E-state index in [-0.39, 0.29) is 5.56 Å². The van der Waals surface area contributed by atoms with Crippen LogP contribution in [0.15, 0.2) is 24.3 Å². The first-order valence-electron chi connectivity index (χ1n) is 4.59. The van der Waals surface area contributed by atoms with Gasteiger partial charge in [-0.15, -0.1) is 0 Å². The Morgan fingerprint density at radius 2 is 1.71 bits per heavy atom. The molecule has 1 unspecified atom stereocenters. The van der Waals surface area contributed by atoms with Crippen LogP contribution >= 0.6 is 0 Å². The van der Waals surface area contributed by atoms with Crippen molar-refractivity contribution in [2.24, 2.45) is 0 Å². The molecular weight excluding hydrogens is 247 g/mol. The Morgan fingerprint density at radius 1 is 1.12 bits per heavy atom. The van der Waals surface area contributed by atoms with Crippen molar-refractivity contribution in [3.05, 3.63) is 35.4 Å². The predicted molar refractivity (Wildman–Crippen MR) is 46.1 cm³/mol. The van der Waals surface area contributed by atoms with Gasteiger partial charge in [-0.25, -0.2) is 0 Å². The summed E-state index contributed by atoms with van der Waals surface area (Å²) >= 11 is 0. The zero-order valence-electron chi connectivity index (χ0n) is 8.26. The summed E-state index contributed by atoms with van der Waals surface area (Å²) < 4.78 is 67.4. The largest absolute Gasteiger partial charge is 0.459 e. The van der Waals surface area contributed by atoms with E-state index in [2.05, 4.69) is 4.74 Å². The number of hydrogen-bond acceptors (Lipinski definition) is 2. The fraction of sp³-hybridized carbons (Fsp3) is 0.400. The van der Waals surface area contributed by atoms with Gasteiger partial charge in [0.2, 0.25) is 0 Å². The van der Waals surface area contributed by atoms with E-state index in [1.54, 1.807) is 0 Å². The summed E-state index contributed by atoms with van der Waals surface area (Å²) in [6.07, 6.45) is -5.89. The molecule has 1 atom stereocenters. The molecule has 0 saturated carbocycles. The van der Waals surface area contributed by atoms with E-state index in [0.717, 1.165) is 6.07 Å². The van der Waals surface area contributed by atoms with Gasteiger partial charge < -0.3 is 9.84 Å². The van der Waals surface area contributed by atoms with Crippen molar-refractivity contribution in [1.82, 2.24) is 0 Å². The first-order valence-corrected chi connectivity index (χ1v) is 4.59. The van der Waals surface area contributed by atoms with Gasteiger partial charge in [-0.1, -0.05) is 24.3 Å². The van der Waals surface area contributed by atoms with E-state index in [1.807, 2.05) is 0 Å². The topological polar surface area (TPSA) is 29.5 Å². The van der Waals surface area contributed by atoms with E-state index in [9.17, 15) is 27.1 Å². The molecule has 0 amide bonds. The number of rotatable bonds is 1. The second kappa shape index (κ2) is 3.39. The fourth-order valence-electron chi connectivity index (χ4n) is 1.69. The molecule has 0 aromatic heterocycles. The van der Waals surface area contributed by atoms with Crippen LogP contribution in [-0.2, 0) is 17.1 Å². The molecule has 0 saturated heterocycles. The highest BCUT2D eigenvalue weighted by Gasteiger charge is 2.73. The zero-order valence-corrected chi connectivity index (χ0v) is 8.26. The summed E-state index contributed by atoms with van der Waals surface area (Å²) in [5.41, 5.74) is -0.443. The van der Waals surface area contributed by atoms with Crippen molar-refractivity contribution in [3.8, 4) is 0 Å². The Kier molecular flexibility index (Phi) is 2.45. The van der Waals surface area contributed by atoms with Crippen LogP contribution in [0, 0.1) is 0 Å². The van der Waals surface area contributed by atoms with Gasteiger partial charge in [0.15, 0.2) is 0 Å². The van der Waals surface area contributed by atoms with Crippen molar-refractivity contribution < 1.29 is 31.8 Å². The molecule has 1 aromatic carbocycles. The van der Waals surface area contributed by atoms with E-state index in [4.69, 9.17) is 0 Å². The normalized spacial score (nSPS) is 24.8. The van der Waals surface area contributed by atoms with Gasteiger partial charge in [-0.3, -0.25) is 0 Å². The smallest absolute Gasteiger partial charge is 0.357 e. The number of aliphatic hydroxyl groups is 1. The minimum absolute atomic E-state index is 0.110. The van der Waals surface area contributed by atoms with Crippen LogP contribution in [0.2, 0.25) is 0 Å². The quantitative estimate of drug-likeness (QED) is 0.780. The number of benzene rings is 1. The molecule has 1 aliphatic rings. The summed E-state index contributed by atoms with van der Waals surface area (Å²) in [7, 11) is 0. The maximum atomic E-state index is 13.2. The lowest BCUT2D eigenvalue weighted by Gasteiger charge is -2.33. The summed E-state index contributed by atoms with van der Waals surface area (Å²) in [4.78, 5) is 0. The average Bonchev–Trinajstić information content (AvgIpc) is 2.57. The highest BCUT2D eigenvalue weighted by atomic mass is 19.4. The molecule has 0 radical (unpaired) electrons. The molecule has 0 aliphatic carbocycles. The Bertz CT molecular complexity index is 443. The summed E-state index contributed by atoms with van der Waals surface area (Å²) in [5, 5.41) is 9.51. The van der Waals surface area contributed by atoms with Crippen LogP contribution in [0.1, 0.15) is 11.1 Å². The molecule has 7 heteroatoms. The first kappa shape index (κ1) is 12.3. The molecule has 0 spiro atoms. The lowest BCUT2D eigenvalue weighted by Crippen LogP contribution is -2.54. The third-order valence-corrected chi connectivity index (χ3v) is 2.60. The van der Waals surface area contributed by atoms with Crippen LogP contribution in [0.3, 0.4) is 0 Å². The first-order chi connectivity index (χ1) is 7.70. The fourth-order valence-corrected chi connectivity index (χ4v) is 1.69. The van der Waals surface area contributed by atoms with Gasteiger partial charge in [0.05, 0.1) is 6.61 Å². The molecule has 0 fully saturated rings. The Labute approximate surface area is 92.6 Å². The average molecular weight is 254 g/mol. The van der Waals surface area contributed by atoms with Gasteiger partial charge in [-0.05, 0) is 5.56 Å². The number of fused-ring (bicyclic) bond motifs is 1. The number of hydrogen-bond donors (Lipinski definition) is 1. The van der Waals surface area contributed by atoms with Crippen molar-refractivity contribution in [2.45, 2.75) is 24.5 Å². The molecule has 94 valence electrons. The Morgan fingerprint density at radius 3 is 2.29 bits per heavy atom. The highest BCUT2D eigenvalue weighted by molar-refractivity contribution is 5.35. The SMILES string of the molecule is OC1(C(F)(F)C(F)(F)F)OCc2ccccc21. The molecule has 2 rings (SSSR count). The molecule has 2 nitrogen and oxygen atoms in total. The van der Waals surface area contributed by atoms with Gasteiger partial charge in [0, 0.05) is 5.56 Å². The number of ether oxygens (including phenoxy) is 1. The van der Waals surface area contributed by atoms with Crippen LogP contribution < -0.4 is 0 Å². The Hall–Kier alpha value is -1.21. The van der Waals surface area contributed by atoms with Gasteiger partial charge in [-0.2, -0.15) is 22.0 Å². The van der Waals surface area contributed by atoms with Crippen molar-refractivity contribution >= 4 is 0 Å². The zero-order chi connectivity index (χ0) is 12.9. The van der Waals surface area contributed by atoms with E-state index in [1.165, 1.54) is 18.2 Å². The minimum atomic E-state index is -5.89. The monoisotopic (exact) mass is 254 g/mol. The lowest BCUT2D eigenvalue weighted by atomic mass is 9.97. The molecule has 1 aliphatic heterocycles. The van der Waals surface area contributed by atoms with Gasteiger partial charge in [0.1, 0.15) is 0 Å². The second-order valence-corrected chi connectivity index (χ2v) is 3.66. The summed E-state index contributed by atoms with van der Waals surface area (Å²) in [6, 6.07) is 5.02.